The molecule has 0 fully saturated rings. The SMILES string of the molecule is Cc1c([N+](=O)[O-])cc(C(C)(C)C)c([N+](=O)[O-])c1C. The lowest BCUT2D eigenvalue weighted by molar-refractivity contribution is -0.390. The molecule has 0 aliphatic carbocycles. The van der Waals surface area contributed by atoms with Crippen molar-refractivity contribution in [3.8, 4) is 0 Å². The van der Waals surface area contributed by atoms with Crippen molar-refractivity contribution in [1.82, 2.24) is 0 Å². The molecule has 1 aromatic rings. The maximum Gasteiger partial charge on any atom is 0.276 e. The number of nitro benzene ring substituents is 2. The van der Waals surface area contributed by atoms with E-state index in [4.69, 9.17) is 0 Å². The summed E-state index contributed by atoms with van der Waals surface area (Å²) in [5.74, 6) is 0. The molecular weight excluding hydrogens is 236 g/mol. The summed E-state index contributed by atoms with van der Waals surface area (Å²) in [4.78, 5) is 21.2. The summed E-state index contributed by atoms with van der Waals surface area (Å²) in [5, 5.41) is 22.1. The zero-order valence-electron chi connectivity index (χ0n) is 11.1. The average Bonchev–Trinajstić information content (AvgIpc) is 2.18. The van der Waals surface area contributed by atoms with Crippen LogP contribution in [0.1, 0.15) is 37.5 Å². The van der Waals surface area contributed by atoms with Gasteiger partial charge in [-0.25, -0.2) is 0 Å². The molecule has 0 bridgehead atoms. The van der Waals surface area contributed by atoms with Crippen LogP contribution in [-0.2, 0) is 5.41 Å². The summed E-state index contributed by atoms with van der Waals surface area (Å²) in [7, 11) is 0. The largest absolute Gasteiger partial charge is 0.276 e. The van der Waals surface area contributed by atoms with Gasteiger partial charge in [-0.3, -0.25) is 20.2 Å². The second-order valence-electron chi connectivity index (χ2n) is 5.31. The smallest absolute Gasteiger partial charge is 0.258 e. The maximum atomic E-state index is 11.2. The van der Waals surface area contributed by atoms with E-state index >= 15 is 0 Å². The summed E-state index contributed by atoms with van der Waals surface area (Å²) < 4.78 is 0. The zero-order valence-corrected chi connectivity index (χ0v) is 11.1. The topological polar surface area (TPSA) is 86.3 Å². The Morgan fingerprint density at radius 2 is 1.50 bits per heavy atom. The maximum absolute atomic E-state index is 11.2. The molecule has 0 atom stereocenters. The molecular formula is C12H16N2O4. The summed E-state index contributed by atoms with van der Waals surface area (Å²) in [6, 6.07) is 1.32. The molecule has 6 nitrogen and oxygen atoms in total. The van der Waals surface area contributed by atoms with E-state index in [1.54, 1.807) is 27.7 Å². The van der Waals surface area contributed by atoms with Crippen molar-refractivity contribution >= 4 is 11.4 Å². The number of benzene rings is 1. The molecule has 0 aliphatic rings. The monoisotopic (exact) mass is 252 g/mol. The van der Waals surface area contributed by atoms with E-state index in [1.807, 2.05) is 0 Å². The van der Waals surface area contributed by atoms with Gasteiger partial charge in [-0.1, -0.05) is 20.8 Å². The number of hydrogen-bond donors (Lipinski definition) is 0. The number of nitrogens with zero attached hydrogens (tertiary/aromatic N) is 2. The minimum Gasteiger partial charge on any atom is -0.258 e. The van der Waals surface area contributed by atoms with Gasteiger partial charge in [-0.2, -0.15) is 0 Å². The van der Waals surface area contributed by atoms with E-state index in [2.05, 4.69) is 0 Å². The first-order valence-corrected chi connectivity index (χ1v) is 5.50. The van der Waals surface area contributed by atoms with Gasteiger partial charge in [0.05, 0.1) is 9.85 Å². The van der Waals surface area contributed by atoms with E-state index in [9.17, 15) is 20.2 Å². The average molecular weight is 252 g/mol. The van der Waals surface area contributed by atoms with Gasteiger partial charge in [-0.05, 0) is 19.3 Å². The van der Waals surface area contributed by atoms with Crippen LogP contribution in [0.2, 0.25) is 0 Å². The lowest BCUT2D eigenvalue weighted by Gasteiger charge is -2.20. The fraction of sp³-hybridized carbons (Fsp3) is 0.500. The predicted molar refractivity (Wildman–Crippen MR) is 67.9 cm³/mol. The van der Waals surface area contributed by atoms with Gasteiger partial charge in [0.1, 0.15) is 0 Å². The first-order valence-electron chi connectivity index (χ1n) is 5.50. The van der Waals surface area contributed by atoms with E-state index in [0.29, 0.717) is 16.7 Å². The molecule has 0 aliphatic heterocycles. The highest BCUT2D eigenvalue weighted by Gasteiger charge is 2.32. The summed E-state index contributed by atoms with van der Waals surface area (Å²) in [5.41, 5.74) is 0.487. The van der Waals surface area contributed by atoms with E-state index in [0.717, 1.165) is 0 Å². The Hall–Kier alpha value is -1.98. The van der Waals surface area contributed by atoms with Crippen LogP contribution in [0.5, 0.6) is 0 Å². The summed E-state index contributed by atoms with van der Waals surface area (Å²) >= 11 is 0. The molecule has 1 rings (SSSR count). The third-order valence-electron chi connectivity index (χ3n) is 3.03. The van der Waals surface area contributed by atoms with Crippen LogP contribution in [0.25, 0.3) is 0 Å². The Balaban J connectivity index is 3.78. The van der Waals surface area contributed by atoms with E-state index < -0.39 is 15.3 Å². The van der Waals surface area contributed by atoms with Crippen molar-refractivity contribution in [3.63, 3.8) is 0 Å². The third kappa shape index (κ3) is 2.32. The van der Waals surface area contributed by atoms with Crippen LogP contribution >= 0.6 is 0 Å². The van der Waals surface area contributed by atoms with Crippen molar-refractivity contribution < 1.29 is 9.85 Å². The van der Waals surface area contributed by atoms with Crippen molar-refractivity contribution in [2.45, 2.75) is 40.0 Å². The second-order valence-corrected chi connectivity index (χ2v) is 5.31. The zero-order chi connectivity index (χ0) is 14.2. The Bertz CT molecular complexity index is 530. The van der Waals surface area contributed by atoms with Crippen LogP contribution in [0, 0.1) is 34.1 Å². The Morgan fingerprint density at radius 3 is 1.83 bits per heavy atom. The van der Waals surface area contributed by atoms with Crippen LogP contribution in [-0.4, -0.2) is 9.85 Å². The first kappa shape index (κ1) is 14.1. The highest BCUT2D eigenvalue weighted by Crippen LogP contribution is 2.39. The molecule has 0 heterocycles. The van der Waals surface area contributed by atoms with Crippen LogP contribution in [0.4, 0.5) is 11.4 Å². The molecule has 0 saturated heterocycles. The molecule has 0 radical (unpaired) electrons. The van der Waals surface area contributed by atoms with Crippen LogP contribution in [0.15, 0.2) is 6.07 Å². The van der Waals surface area contributed by atoms with Crippen molar-refractivity contribution in [2.75, 3.05) is 0 Å². The van der Waals surface area contributed by atoms with Crippen molar-refractivity contribution in [1.29, 1.82) is 0 Å². The van der Waals surface area contributed by atoms with Crippen molar-refractivity contribution in [3.05, 3.63) is 43.0 Å². The molecule has 1 aromatic carbocycles. The predicted octanol–water partition coefficient (Wildman–Crippen LogP) is 3.42. The number of rotatable bonds is 2. The number of nitro groups is 2. The van der Waals surface area contributed by atoms with Crippen LogP contribution < -0.4 is 0 Å². The van der Waals surface area contributed by atoms with Gasteiger partial charge in [-0.15, -0.1) is 0 Å². The van der Waals surface area contributed by atoms with Gasteiger partial charge >= 0.3 is 0 Å². The highest BCUT2D eigenvalue weighted by atomic mass is 16.6. The number of hydrogen-bond acceptors (Lipinski definition) is 4. The van der Waals surface area contributed by atoms with E-state index in [-0.39, 0.29) is 11.4 Å². The van der Waals surface area contributed by atoms with Crippen LogP contribution in [0.3, 0.4) is 0 Å². The molecule has 98 valence electrons. The molecule has 6 heteroatoms. The molecule has 0 spiro atoms. The molecule has 0 unspecified atom stereocenters. The van der Waals surface area contributed by atoms with E-state index in [1.165, 1.54) is 13.0 Å². The molecule has 18 heavy (non-hydrogen) atoms. The fourth-order valence-corrected chi connectivity index (χ4v) is 1.88. The lowest BCUT2D eigenvalue weighted by atomic mass is 9.83. The Morgan fingerprint density at radius 1 is 1.00 bits per heavy atom. The van der Waals surface area contributed by atoms with Crippen molar-refractivity contribution in [2.24, 2.45) is 0 Å². The first-order chi connectivity index (χ1) is 8.07. The van der Waals surface area contributed by atoms with Gasteiger partial charge in [0.15, 0.2) is 0 Å². The summed E-state index contributed by atoms with van der Waals surface area (Å²) in [6.07, 6.45) is 0. The van der Waals surface area contributed by atoms with Gasteiger partial charge < -0.3 is 0 Å². The normalized spacial score (nSPS) is 11.4. The third-order valence-corrected chi connectivity index (χ3v) is 3.03. The minimum absolute atomic E-state index is 0.0226. The Kier molecular flexibility index (Phi) is 3.41. The van der Waals surface area contributed by atoms with Gasteiger partial charge in [0.2, 0.25) is 0 Å². The second kappa shape index (κ2) is 4.36. The molecule has 0 aromatic heterocycles. The van der Waals surface area contributed by atoms with Gasteiger partial charge in [0.25, 0.3) is 11.4 Å². The molecule has 0 N–H and O–H groups in total. The standard InChI is InChI=1S/C12H16N2O4/c1-7-8(2)11(14(17)18)9(12(3,4)5)6-10(7)13(15)16/h6H,1-5H3. The molecule has 0 saturated carbocycles. The quantitative estimate of drug-likeness (QED) is 0.596. The minimum atomic E-state index is -0.522. The van der Waals surface area contributed by atoms with Gasteiger partial charge in [0, 0.05) is 22.8 Å². The lowest BCUT2D eigenvalue weighted by Crippen LogP contribution is -2.16. The molecule has 0 amide bonds. The summed E-state index contributed by atoms with van der Waals surface area (Å²) in [6.45, 7) is 8.48. The highest BCUT2D eigenvalue weighted by molar-refractivity contribution is 5.61. The Labute approximate surface area is 105 Å². The fourth-order valence-electron chi connectivity index (χ4n) is 1.88.